The molecule has 2 fully saturated rings. The molecular formula is C18H30N4O. The molecule has 1 aromatic rings. The molecule has 0 aromatic carbocycles. The quantitative estimate of drug-likeness (QED) is 0.668. The van der Waals surface area contributed by atoms with Gasteiger partial charge in [-0.3, -0.25) is 4.99 Å². The summed E-state index contributed by atoms with van der Waals surface area (Å²) in [7, 11) is 1.88. The van der Waals surface area contributed by atoms with E-state index in [9.17, 15) is 0 Å². The molecule has 1 atom stereocenters. The Bertz CT molecular complexity index is 479. The van der Waals surface area contributed by atoms with Crippen molar-refractivity contribution in [2.75, 3.05) is 46.3 Å². The number of guanidine groups is 1. The zero-order chi connectivity index (χ0) is 15.9. The van der Waals surface area contributed by atoms with E-state index in [-0.39, 0.29) is 0 Å². The van der Waals surface area contributed by atoms with E-state index in [0.29, 0.717) is 0 Å². The second kappa shape index (κ2) is 8.39. The highest BCUT2D eigenvalue weighted by Crippen LogP contribution is 2.19. The molecule has 0 bridgehead atoms. The Balaban J connectivity index is 1.40. The van der Waals surface area contributed by atoms with Gasteiger partial charge >= 0.3 is 0 Å². The van der Waals surface area contributed by atoms with Gasteiger partial charge in [0.25, 0.3) is 0 Å². The van der Waals surface area contributed by atoms with Crippen LogP contribution in [0.15, 0.2) is 27.8 Å². The largest absolute Gasteiger partial charge is 0.469 e. The molecule has 0 spiro atoms. The molecular weight excluding hydrogens is 288 g/mol. The highest BCUT2D eigenvalue weighted by Gasteiger charge is 2.26. The van der Waals surface area contributed by atoms with E-state index in [1.54, 1.807) is 6.26 Å². The van der Waals surface area contributed by atoms with Gasteiger partial charge in [-0.15, -0.1) is 0 Å². The molecule has 5 nitrogen and oxygen atoms in total. The van der Waals surface area contributed by atoms with E-state index in [2.05, 4.69) is 20.1 Å². The van der Waals surface area contributed by atoms with Crippen LogP contribution >= 0.6 is 0 Å². The summed E-state index contributed by atoms with van der Waals surface area (Å²) in [6.45, 7) is 6.99. The first-order chi connectivity index (χ1) is 11.3. The van der Waals surface area contributed by atoms with Gasteiger partial charge in [0.2, 0.25) is 0 Å². The lowest BCUT2D eigenvalue weighted by Gasteiger charge is -2.29. The number of piperidine rings is 1. The maximum atomic E-state index is 5.38. The van der Waals surface area contributed by atoms with Crippen molar-refractivity contribution in [1.29, 1.82) is 0 Å². The van der Waals surface area contributed by atoms with Crippen LogP contribution in [-0.4, -0.2) is 62.1 Å². The summed E-state index contributed by atoms with van der Waals surface area (Å²) >= 11 is 0. The molecule has 1 unspecified atom stereocenters. The lowest BCUT2D eigenvalue weighted by atomic mass is 10.1. The third-order valence-corrected chi connectivity index (χ3v) is 5.00. The number of hydrogen-bond acceptors (Lipinski definition) is 3. The molecule has 2 saturated heterocycles. The number of aliphatic imine (C=N–C) groups is 1. The van der Waals surface area contributed by atoms with Crippen molar-refractivity contribution < 1.29 is 4.42 Å². The van der Waals surface area contributed by atoms with Gasteiger partial charge in [0.15, 0.2) is 5.96 Å². The number of nitrogens with one attached hydrogen (secondary N) is 1. The number of likely N-dealkylation sites (tertiary alicyclic amines) is 2. The smallest absolute Gasteiger partial charge is 0.193 e. The first-order valence-corrected chi connectivity index (χ1v) is 9.05. The van der Waals surface area contributed by atoms with Crippen molar-refractivity contribution in [2.45, 2.75) is 32.1 Å². The van der Waals surface area contributed by atoms with Gasteiger partial charge in [-0.2, -0.15) is 0 Å². The fourth-order valence-electron chi connectivity index (χ4n) is 3.77. The Morgan fingerprint density at radius 3 is 2.91 bits per heavy atom. The van der Waals surface area contributed by atoms with Crippen molar-refractivity contribution in [3.8, 4) is 0 Å². The summed E-state index contributed by atoms with van der Waals surface area (Å²) in [5.74, 6) is 2.85. The second-order valence-electron chi connectivity index (χ2n) is 6.77. The van der Waals surface area contributed by atoms with Crippen LogP contribution in [0.2, 0.25) is 0 Å². The Morgan fingerprint density at radius 1 is 1.30 bits per heavy atom. The van der Waals surface area contributed by atoms with Crippen LogP contribution in [0, 0.1) is 5.92 Å². The molecule has 128 valence electrons. The minimum atomic E-state index is 0.789. The van der Waals surface area contributed by atoms with Gasteiger partial charge in [-0.25, -0.2) is 0 Å². The zero-order valence-electron chi connectivity index (χ0n) is 14.3. The molecule has 5 heteroatoms. The minimum absolute atomic E-state index is 0.789. The number of hydrogen-bond donors (Lipinski definition) is 1. The average Bonchev–Trinajstić information content (AvgIpc) is 3.25. The van der Waals surface area contributed by atoms with Crippen LogP contribution in [0.5, 0.6) is 0 Å². The van der Waals surface area contributed by atoms with E-state index in [1.165, 1.54) is 45.3 Å². The van der Waals surface area contributed by atoms with Crippen LogP contribution in [0.25, 0.3) is 0 Å². The van der Waals surface area contributed by atoms with Crippen LogP contribution in [0.4, 0.5) is 0 Å². The molecule has 0 radical (unpaired) electrons. The van der Waals surface area contributed by atoms with Gasteiger partial charge in [-0.1, -0.05) is 6.42 Å². The van der Waals surface area contributed by atoms with Gasteiger partial charge in [0, 0.05) is 39.6 Å². The molecule has 0 amide bonds. The summed E-state index contributed by atoms with van der Waals surface area (Å²) in [5, 5.41) is 3.48. The number of furan rings is 1. The molecule has 2 aliphatic rings. The van der Waals surface area contributed by atoms with Crippen molar-refractivity contribution in [3.05, 3.63) is 24.2 Å². The molecule has 0 saturated carbocycles. The van der Waals surface area contributed by atoms with Crippen LogP contribution in [0.3, 0.4) is 0 Å². The third kappa shape index (κ3) is 4.74. The van der Waals surface area contributed by atoms with Gasteiger partial charge < -0.3 is 19.5 Å². The topological polar surface area (TPSA) is 44.0 Å². The fraction of sp³-hybridized carbons (Fsp3) is 0.722. The minimum Gasteiger partial charge on any atom is -0.469 e. The molecule has 1 aromatic heterocycles. The summed E-state index contributed by atoms with van der Waals surface area (Å²) in [6, 6.07) is 3.96. The lowest BCUT2D eigenvalue weighted by Crippen LogP contribution is -2.41. The summed E-state index contributed by atoms with van der Waals surface area (Å²) in [6.07, 6.45) is 8.10. The Morgan fingerprint density at radius 2 is 2.17 bits per heavy atom. The number of rotatable bonds is 5. The van der Waals surface area contributed by atoms with E-state index >= 15 is 0 Å². The second-order valence-corrected chi connectivity index (χ2v) is 6.77. The summed E-state index contributed by atoms with van der Waals surface area (Å²) in [4.78, 5) is 9.53. The van der Waals surface area contributed by atoms with Crippen molar-refractivity contribution in [2.24, 2.45) is 10.9 Å². The standard InChI is InChI=1S/C18H30N4O/c1-19-18(20-9-7-17-6-5-13-23-17)22-12-8-16(15-22)14-21-10-3-2-4-11-21/h5-6,13,16H,2-4,7-12,14-15H2,1H3,(H,19,20). The Hall–Kier alpha value is -1.49. The van der Waals surface area contributed by atoms with E-state index in [4.69, 9.17) is 4.42 Å². The van der Waals surface area contributed by atoms with Crippen molar-refractivity contribution in [1.82, 2.24) is 15.1 Å². The third-order valence-electron chi connectivity index (χ3n) is 5.00. The lowest BCUT2D eigenvalue weighted by molar-refractivity contribution is 0.198. The molecule has 2 aliphatic heterocycles. The maximum Gasteiger partial charge on any atom is 0.193 e. The fourth-order valence-corrected chi connectivity index (χ4v) is 3.77. The SMILES string of the molecule is CN=C(NCCc1ccco1)N1CCC(CN2CCCCC2)C1. The van der Waals surface area contributed by atoms with Gasteiger partial charge in [0.1, 0.15) is 5.76 Å². The Kier molecular flexibility index (Phi) is 5.97. The highest BCUT2D eigenvalue weighted by molar-refractivity contribution is 5.80. The summed E-state index contributed by atoms with van der Waals surface area (Å²) in [5.41, 5.74) is 0. The van der Waals surface area contributed by atoms with Crippen molar-refractivity contribution in [3.63, 3.8) is 0 Å². The Labute approximate surface area is 139 Å². The van der Waals surface area contributed by atoms with E-state index < -0.39 is 0 Å². The monoisotopic (exact) mass is 318 g/mol. The molecule has 0 aliphatic carbocycles. The highest BCUT2D eigenvalue weighted by atomic mass is 16.3. The van der Waals surface area contributed by atoms with Gasteiger partial charge in [0.05, 0.1) is 6.26 Å². The maximum absolute atomic E-state index is 5.38. The molecule has 3 rings (SSSR count). The zero-order valence-corrected chi connectivity index (χ0v) is 14.3. The first-order valence-electron chi connectivity index (χ1n) is 9.05. The van der Waals surface area contributed by atoms with Crippen molar-refractivity contribution >= 4 is 5.96 Å². The van der Waals surface area contributed by atoms with E-state index in [1.807, 2.05) is 19.2 Å². The van der Waals surface area contributed by atoms with Crippen LogP contribution in [0.1, 0.15) is 31.4 Å². The molecule has 3 heterocycles. The predicted octanol–water partition coefficient (Wildman–Crippen LogP) is 2.21. The average molecular weight is 318 g/mol. The number of nitrogens with zero attached hydrogens (tertiary/aromatic N) is 3. The normalized spacial score (nSPS) is 23.4. The predicted molar refractivity (Wildman–Crippen MR) is 93.7 cm³/mol. The van der Waals surface area contributed by atoms with Crippen LogP contribution < -0.4 is 5.32 Å². The molecule has 23 heavy (non-hydrogen) atoms. The first kappa shape index (κ1) is 16.4. The molecule has 1 N–H and O–H groups in total. The summed E-state index contributed by atoms with van der Waals surface area (Å²) < 4.78 is 5.38. The van der Waals surface area contributed by atoms with Crippen LogP contribution in [-0.2, 0) is 6.42 Å². The van der Waals surface area contributed by atoms with E-state index in [0.717, 1.165) is 43.7 Å². The van der Waals surface area contributed by atoms with Gasteiger partial charge in [-0.05, 0) is 50.4 Å².